The molecule has 5 heteroatoms. The first kappa shape index (κ1) is 18.1. The Morgan fingerprint density at radius 3 is 2.81 bits per heavy atom. The molecule has 1 saturated carbocycles. The molecule has 2 fully saturated rings. The molecule has 1 aromatic rings. The summed E-state index contributed by atoms with van der Waals surface area (Å²) in [5.74, 6) is 1.36. The van der Waals surface area contributed by atoms with E-state index in [4.69, 9.17) is 9.47 Å². The van der Waals surface area contributed by atoms with Crippen LogP contribution in [-0.4, -0.2) is 48.2 Å². The van der Waals surface area contributed by atoms with Crippen molar-refractivity contribution in [2.24, 2.45) is 11.8 Å². The summed E-state index contributed by atoms with van der Waals surface area (Å²) >= 11 is 0. The highest BCUT2D eigenvalue weighted by molar-refractivity contribution is 5.60. The van der Waals surface area contributed by atoms with Crippen molar-refractivity contribution in [3.8, 4) is 11.5 Å². The molecule has 5 rings (SSSR count). The lowest BCUT2D eigenvalue weighted by Gasteiger charge is -2.58. The third-order valence-corrected chi connectivity index (χ3v) is 7.11. The maximum Gasteiger partial charge on any atom is 0.165 e. The van der Waals surface area contributed by atoms with Gasteiger partial charge in [-0.1, -0.05) is 19.9 Å². The van der Waals surface area contributed by atoms with Crippen LogP contribution in [0.1, 0.15) is 44.7 Å². The van der Waals surface area contributed by atoms with Gasteiger partial charge in [-0.15, -0.1) is 0 Å². The zero-order valence-corrected chi connectivity index (χ0v) is 16.2. The van der Waals surface area contributed by atoms with Gasteiger partial charge in [-0.05, 0) is 50.3 Å². The molecule has 2 heterocycles. The maximum atomic E-state index is 10.4. The molecule has 26 heavy (non-hydrogen) atoms. The molecule has 7 unspecified atom stereocenters. The SMILES string of the molecule is CC.COC1C(C(C)O)CC2C3Cc4ccc(O)c5c4C2(CCN3)C1O5. The number of rotatable bonds is 2. The number of nitrogens with one attached hydrogen (secondary N) is 1. The number of piperidine rings is 1. The summed E-state index contributed by atoms with van der Waals surface area (Å²) in [6.45, 7) is 6.82. The van der Waals surface area contributed by atoms with E-state index < -0.39 is 6.10 Å². The Balaban J connectivity index is 0.000000814. The minimum atomic E-state index is -0.435. The molecule has 0 radical (unpaired) electrons. The van der Waals surface area contributed by atoms with E-state index in [0.29, 0.717) is 17.7 Å². The largest absolute Gasteiger partial charge is 0.504 e. The molecule has 3 N–H and O–H groups in total. The normalized spacial score (nSPS) is 40.0. The second-order valence-corrected chi connectivity index (χ2v) is 7.99. The number of hydrogen-bond acceptors (Lipinski definition) is 5. The molecule has 1 aromatic carbocycles. The van der Waals surface area contributed by atoms with E-state index in [1.807, 2.05) is 20.8 Å². The summed E-state index contributed by atoms with van der Waals surface area (Å²) in [6.07, 6.45) is 2.17. The molecular formula is C21H31NO4. The fraction of sp³-hybridized carbons (Fsp3) is 0.714. The lowest BCUT2D eigenvalue weighted by Crippen LogP contribution is -2.69. The van der Waals surface area contributed by atoms with E-state index in [9.17, 15) is 10.2 Å². The van der Waals surface area contributed by atoms with Gasteiger partial charge in [0.2, 0.25) is 0 Å². The van der Waals surface area contributed by atoms with Gasteiger partial charge < -0.3 is 25.0 Å². The summed E-state index contributed by atoms with van der Waals surface area (Å²) in [6, 6.07) is 4.22. The Kier molecular flexibility index (Phi) is 4.45. The number of ether oxygens (including phenoxy) is 2. The van der Waals surface area contributed by atoms with E-state index in [1.54, 1.807) is 13.2 Å². The number of hydrogen-bond donors (Lipinski definition) is 3. The lowest BCUT2D eigenvalue weighted by molar-refractivity contribution is -0.144. The average molecular weight is 361 g/mol. The molecule has 2 aliphatic carbocycles. The first-order valence-electron chi connectivity index (χ1n) is 10.0. The molecule has 1 saturated heterocycles. The second kappa shape index (κ2) is 6.39. The van der Waals surface area contributed by atoms with Crippen LogP contribution in [0.25, 0.3) is 0 Å². The van der Waals surface area contributed by atoms with E-state index in [2.05, 4.69) is 11.4 Å². The number of methoxy groups -OCH3 is 1. The van der Waals surface area contributed by atoms with Crippen molar-refractivity contribution < 1.29 is 19.7 Å². The number of aromatic hydroxyl groups is 1. The van der Waals surface area contributed by atoms with Gasteiger partial charge in [0.05, 0.1) is 6.10 Å². The number of benzene rings is 1. The van der Waals surface area contributed by atoms with E-state index >= 15 is 0 Å². The maximum absolute atomic E-state index is 10.4. The monoisotopic (exact) mass is 361 g/mol. The third kappa shape index (κ3) is 2.14. The first-order chi connectivity index (χ1) is 12.6. The van der Waals surface area contributed by atoms with Gasteiger partial charge in [0, 0.05) is 30.0 Å². The van der Waals surface area contributed by atoms with Gasteiger partial charge in [-0.2, -0.15) is 0 Å². The van der Waals surface area contributed by atoms with Crippen LogP contribution in [0.3, 0.4) is 0 Å². The van der Waals surface area contributed by atoms with Crippen molar-refractivity contribution in [1.82, 2.24) is 5.32 Å². The summed E-state index contributed by atoms with van der Waals surface area (Å²) in [5.41, 5.74) is 2.43. The van der Waals surface area contributed by atoms with Crippen LogP contribution < -0.4 is 10.1 Å². The van der Waals surface area contributed by atoms with Crippen molar-refractivity contribution in [2.75, 3.05) is 13.7 Å². The fourth-order valence-electron chi connectivity index (χ4n) is 6.21. The molecule has 1 spiro atoms. The van der Waals surface area contributed by atoms with Crippen molar-refractivity contribution >= 4 is 0 Å². The Labute approximate surface area is 155 Å². The van der Waals surface area contributed by atoms with E-state index in [-0.39, 0.29) is 29.3 Å². The predicted molar refractivity (Wildman–Crippen MR) is 99.7 cm³/mol. The minimum absolute atomic E-state index is 0.0542. The fourth-order valence-corrected chi connectivity index (χ4v) is 6.21. The first-order valence-corrected chi connectivity index (χ1v) is 10.0. The number of phenols is 1. The molecular weight excluding hydrogens is 330 g/mol. The third-order valence-electron chi connectivity index (χ3n) is 7.11. The van der Waals surface area contributed by atoms with Crippen LogP contribution in [-0.2, 0) is 16.6 Å². The Morgan fingerprint density at radius 1 is 1.35 bits per heavy atom. The summed E-state index contributed by atoms with van der Waals surface area (Å²) in [5, 5.41) is 24.5. The van der Waals surface area contributed by atoms with E-state index in [0.717, 1.165) is 25.8 Å². The Bertz CT molecular complexity index is 691. The molecule has 7 atom stereocenters. The summed E-state index contributed by atoms with van der Waals surface area (Å²) in [7, 11) is 1.71. The predicted octanol–water partition coefficient (Wildman–Crippen LogP) is 2.37. The van der Waals surface area contributed by atoms with Gasteiger partial charge in [0.1, 0.15) is 12.2 Å². The standard InChI is InChI=1S/C19H25NO4.C2H6/c1-9(21)11-8-12-13-7-10-3-4-14(22)17-15(10)19(12,5-6-20-13)18(24-17)16(11)23-2;1-2/h3-4,9,11-13,16,18,20-22H,5-8H2,1-2H3;1-2H3. The van der Waals surface area contributed by atoms with Crippen molar-refractivity contribution in [3.63, 3.8) is 0 Å². The van der Waals surface area contributed by atoms with Crippen LogP contribution in [0, 0.1) is 11.8 Å². The van der Waals surface area contributed by atoms with Gasteiger partial charge in [0.25, 0.3) is 0 Å². The quantitative estimate of drug-likeness (QED) is 0.754. The van der Waals surface area contributed by atoms with Gasteiger partial charge in [0.15, 0.2) is 11.5 Å². The average Bonchev–Trinajstić information content (AvgIpc) is 2.98. The number of aliphatic hydroxyl groups excluding tert-OH is 1. The van der Waals surface area contributed by atoms with Crippen LogP contribution in [0.4, 0.5) is 0 Å². The van der Waals surface area contributed by atoms with Crippen molar-refractivity contribution in [1.29, 1.82) is 0 Å². The highest BCUT2D eigenvalue weighted by Gasteiger charge is 2.67. The lowest BCUT2D eigenvalue weighted by atomic mass is 9.49. The van der Waals surface area contributed by atoms with Crippen LogP contribution in [0.2, 0.25) is 0 Å². The molecule has 0 amide bonds. The highest BCUT2D eigenvalue weighted by atomic mass is 16.5. The minimum Gasteiger partial charge on any atom is -0.504 e. The molecule has 0 aromatic heterocycles. The molecule has 4 aliphatic rings. The Morgan fingerprint density at radius 2 is 2.12 bits per heavy atom. The highest BCUT2D eigenvalue weighted by Crippen LogP contribution is 2.63. The van der Waals surface area contributed by atoms with Crippen molar-refractivity contribution in [3.05, 3.63) is 23.3 Å². The summed E-state index contributed by atoms with van der Waals surface area (Å²) < 4.78 is 12.2. The van der Waals surface area contributed by atoms with Crippen LogP contribution in [0.5, 0.6) is 11.5 Å². The molecule has 2 bridgehead atoms. The smallest absolute Gasteiger partial charge is 0.165 e. The van der Waals surface area contributed by atoms with Gasteiger partial charge >= 0.3 is 0 Å². The van der Waals surface area contributed by atoms with Gasteiger partial charge in [-0.25, -0.2) is 0 Å². The molecule has 144 valence electrons. The molecule has 5 nitrogen and oxygen atoms in total. The van der Waals surface area contributed by atoms with Crippen LogP contribution >= 0.6 is 0 Å². The molecule has 2 aliphatic heterocycles. The topological polar surface area (TPSA) is 71.0 Å². The van der Waals surface area contributed by atoms with Gasteiger partial charge in [-0.3, -0.25) is 0 Å². The second-order valence-electron chi connectivity index (χ2n) is 7.99. The van der Waals surface area contributed by atoms with Crippen LogP contribution in [0.15, 0.2) is 12.1 Å². The zero-order chi connectivity index (χ0) is 18.6. The van der Waals surface area contributed by atoms with Crippen molar-refractivity contribution in [2.45, 2.75) is 69.8 Å². The number of phenolic OH excluding ortho intramolecular Hbond substituents is 1. The number of aliphatic hydroxyl groups is 1. The Hall–Kier alpha value is -1.30. The zero-order valence-electron chi connectivity index (χ0n) is 16.2. The summed E-state index contributed by atoms with van der Waals surface area (Å²) in [4.78, 5) is 0. The van der Waals surface area contributed by atoms with E-state index in [1.165, 1.54) is 11.1 Å².